The third kappa shape index (κ3) is 5.70. The number of allylic oxidation sites excluding steroid dienone is 2. The highest BCUT2D eigenvalue weighted by Gasteiger charge is 2.29. The van der Waals surface area contributed by atoms with Gasteiger partial charge in [-0.25, -0.2) is 14.6 Å². The minimum absolute atomic E-state index is 0.194. The monoisotopic (exact) mass is 537 g/mol. The molecule has 4 amide bonds. The number of hydrogen-bond donors (Lipinski definition) is 3. The van der Waals surface area contributed by atoms with Gasteiger partial charge in [-0.3, -0.25) is 4.79 Å². The van der Waals surface area contributed by atoms with Gasteiger partial charge in [0, 0.05) is 61.4 Å². The zero-order valence-electron chi connectivity index (χ0n) is 21.2. The van der Waals surface area contributed by atoms with Gasteiger partial charge in [0.15, 0.2) is 0 Å². The molecule has 5 rings (SSSR count). The van der Waals surface area contributed by atoms with E-state index in [1.807, 2.05) is 18.2 Å². The quantitative estimate of drug-likeness (QED) is 0.552. The number of pyridine rings is 1. The number of piperazine rings is 1. The fourth-order valence-corrected chi connectivity index (χ4v) is 5.29. The second-order valence-electron chi connectivity index (χ2n) is 9.79. The fourth-order valence-electron chi connectivity index (χ4n) is 5.12. The molecule has 200 valence electrons. The van der Waals surface area contributed by atoms with Gasteiger partial charge in [0.1, 0.15) is 11.9 Å². The Morgan fingerprint density at radius 3 is 2.39 bits per heavy atom. The third-order valence-electron chi connectivity index (χ3n) is 7.21. The number of amides is 4. The molecule has 0 unspecified atom stereocenters. The van der Waals surface area contributed by atoms with Crippen molar-refractivity contribution in [2.45, 2.75) is 31.7 Å². The van der Waals surface area contributed by atoms with Crippen LogP contribution in [0, 0.1) is 0 Å². The lowest BCUT2D eigenvalue weighted by Crippen LogP contribution is -2.55. The SMILES string of the molecule is Nc1cc(N2CCN(C(=O)N[C@H]3C=CC=C(NC(=O)N4CCCCCC4)C3=O)CC2)c2ccc(Cl)cc2n1. The number of fused-ring (bicyclic) bond motifs is 1. The van der Waals surface area contributed by atoms with Crippen LogP contribution < -0.4 is 21.3 Å². The number of ketones is 1. The summed E-state index contributed by atoms with van der Waals surface area (Å²) in [4.78, 5) is 48.7. The lowest BCUT2D eigenvalue weighted by molar-refractivity contribution is -0.116. The van der Waals surface area contributed by atoms with Crippen molar-refractivity contribution >= 4 is 51.9 Å². The Hall–Kier alpha value is -3.79. The number of rotatable bonds is 3. The summed E-state index contributed by atoms with van der Waals surface area (Å²) in [6.07, 6.45) is 9.05. The van der Waals surface area contributed by atoms with Crippen LogP contribution in [-0.4, -0.2) is 77.9 Å². The van der Waals surface area contributed by atoms with E-state index in [0.29, 0.717) is 50.1 Å². The Morgan fingerprint density at radius 1 is 0.947 bits per heavy atom. The van der Waals surface area contributed by atoms with E-state index in [9.17, 15) is 14.4 Å². The highest BCUT2D eigenvalue weighted by atomic mass is 35.5. The van der Waals surface area contributed by atoms with E-state index < -0.39 is 6.04 Å². The van der Waals surface area contributed by atoms with Gasteiger partial charge in [-0.1, -0.05) is 36.6 Å². The fraction of sp³-hybridized carbons (Fsp3) is 0.407. The molecule has 2 saturated heterocycles. The van der Waals surface area contributed by atoms with Crippen LogP contribution in [0.25, 0.3) is 10.9 Å². The number of nitrogens with zero attached hydrogens (tertiary/aromatic N) is 4. The average Bonchev–Trinajstić information content (AvgIpc) is 3.20. The highest BCUT2D eigenvalue weighted by molar-refractivity contribution is 6.31. The first-order valence-electron chi connectivity index (χ1n) is 13.0. The maximum atomic E-state index is 13.0. The summed E-state index contributed by atoms with van der Waals surface area (Å²) in [6, 6.07) is 5.95. The van der Waals surface area contributed by atoms with Gasteiger partial charge in [-0.05, 0) is 37.1 Å². The van der Waals surface area contributed by atoms with E-state index in [-0.39, 0.29) is 23.5 Å². The molecule has 1 aromatic carbocycles. The number of nitrogens with one attached hydrogen (secondary N) is 2. The van der Waals surface area contributed by atoms with E-state index in [2.05, 4.69) is 20.5 Å². The number of nitrogen functional groups attached to an aromatic ring is 1. The smallest absolute Gasteiger partial charge is 0.321 e. The number of nitrogens with two attached hydrogens (primary N) is 1. The highest BCUT2D eigenvalue weighted by Crippen LogP contribution is 2.30. The summed E-state index contributed by atoms with van der Waals surface area (Å²) in [5.41, 5.74) is 7.90. The van der Waals surface area contributed by atoms with E-state index in [4.69, 9.17) is 17.3 Å². The molecular formula is C27H32ClN7O3. The first-order valence-corrected chi connectivity index (χ1v) is 13.4. The van der Waals surface area contributed by atoms with Crippen LogP contribution in [-0.2, 0) is 4.79 Å². The molecule has 11 heteroatoms. The molecule has 4 N–H and O–H groups in total. The summed E-state index contributed by atoms with van der Waals surface area (Å²) in [5, 5.41) is 7.10. The van der Waals surface area contributed by atoms with Crippen molar-refractivity contribution in [1.29, 1.82) is 0 Å². The van der Waals surface area contributed by atoms with Crippen LogP contribution in [0.5, 0.6) is 0 Å². The standard InChI is InChI=1S/C27H32ClN7O3/c28-18-8-9-19-22(16-18)30-24(29)17-23(19)33-12-14-35(15-13-33)27(38)32-21-7-5-6-20(25(21)36)31-26(37)34-10-3-1-2-4-11-34/h5-9,16-17,21H,1-4,10-15H2,(H2,29,30)(H,31,37)(H,32,38)/t21-/m0/s1. The Morgan fingerprint density at radius 2 is 1.66 bits per heavy atom. The molecule has 0 bridgehead atoms. The second-order valence-corrected chi connectivity index (χ2v) is 10.2. The van der Waals surface area contributed by atoms with E-state index in [1.165, 1.54) is 0 Å². The van der Waals surface area contributed by atoms with Crippen molar-refractivity contribution in [2.75, 3.05) is 49.9 Å². The molecule has 0 saturated carbocycles. The molecule has 0 spiro atoms. The van der Waals surface area contributed by atoms with Gasteiger partial charge < -0.3 is 31.1 Å². The maximum Gasteiger partial charge on any atom is 0.321 e. The molecule has 3 aliphatic rings. The number of Topliss-reactive ketones (excluding diaryl/α,β-unsaturated/α-hetero) is 1. The van der Waals surface area contributed by atoms with Gasteiger partial charge in [0.2, 0.25) is 5.78 Å². The number of benzene rings is 1. The van der Waals surface area contributed by atoms with E-state index >= 15 is 0 Å². The Kier molecular flexibility index (Phi) is 7.69. The van der Waals surface area contributed by atoms with Crippen LogP contribution in [0.2, 0.25) is 5.02 Å². The van der Waals surface area contributed by atoms with Crippen molar-refractivity contribution in [2.24, 2.45) is 0 Å². The molecular weight excluding hydrogens is 506 g/mol. The minimum Gasteiger partial charge on any atom is -0.384 e. The van der Waals surface area contributed by atoms with Crippen LogP contribution in [0.3, 0.4) is 0 Å². The molecule has 2 aliphatic heterocycles. The molecule has 1 aliphatic carbocycles. The molecule has 1 atom stereocenters. The molecule has 2 aromatic rings. The largest absolute Gasteiger partial charge is 0.384 e. The Balaban J connectivity index is 1.17. The van der Waals surface area contributed by atoms with Crippen LogP contribution >= 0.6 is 11.6 Å². The van der Waals surface area contributed by atoms with Gasteiger partial charge in [-0.2, -0.15) is 0 Å². The molecule has 0 radical (unpaired) electrons. The number of anilines is 2. The molecule has 3 heterocycles. The van der Waals surface area contributed by atoms with Crippen molar-refractivity contribution in [1.82, 2.24) is 25.4 Å². The predicted molar refractivity (Wildman–Crippen MR) is 148 cm³/mol. The van der Waals surface area contributed by atoms with Gasteiger partial charge in [0.05, 0.1) is 11.2 Å². The lowest BCUT2D eigenvalue weighted by Gasteiger charge is -2.37. The minimum atomic E-state index is -0.835. The predicted octanol–water partition coefficient (Wildman–Crippen LogP) is 3.28. The van der Waals surface area contributed by atoms with Crippen molar-refractivity contribution < 1.29 is 14.4 Å². The number of urea groups is 2. The summed E-state index contributed by atoms with van der Waals surface area (Å²) in [6.45, 7) is 3.51. The van der Waals surface area contributed by atoms with Gasteiger partial charge in [0.25, 0.3) is 0 Å². The average molecular weight is 538 g/mol. The maximum absolute atomic E-state index is 13.0. The summed E-state index contributed by atoms with van der Waals surface area (Å²) < 4.78 is 0. The number of aromatic nitrogens is 1. The van der Waals surface area contributed by atoms with Crippen molar-refractivity contribution in [3.8, 4) is 0 Å². The second kappa shape index (κ2) is 11.3. The summed E-state index contributed by atoms with van der Waals surface area (Å²) in [7, 11) is 0. The number of carbonyl (C=O) groups is 3. The van der Waals surface area contributed by atoms with Gasteiger partial charge in [-0.15, -0.1) is 0 Å². The van der Waals surface area contributed by atoms with Crippen LogP contribution in [0.15, 0.2) is 48.2 Å². The van der Waals surface area contributed by atoms with Crippen LogP contribution in [0.1, 0.15) is 25.7 Å². The zero-order valence-corrected chi connectivity index (χ0v) is 21.9. The summed E-state index contributed by atoms with van der Waals surface area (Å²) in [5.74, 6) is 0.0735. The molecule has 2 fully saturated rings. The first kappa shape index (κ1) is 25.8. The number of halogens is 1. The lowest BCUT2D eigenvalue weighted by atomic mass is 10.0. The van der Waals surface area contributed by atoms with Crippen molar-refractivity contribution in [3.63, 3.8) is 0 Å². The first-order chi connectivity index (χ1) is 18.4. The van der Waals surface area contributed by atoms with Gasteiger partial charge >= 0.3 is 12.1 Å². The zero-order chi connectivity index (χ0) is 26.6. The van der Waals surface area contributed by atoms with Crippen molar-refractivity contribution in [3.05, 3.63) is 53.2 Å². The number of likely N-dealkylation sites (tertiary alicyclic amines) is 1. The molecule has 10 nitrogen and oxygen atoms in total. The Labute approximate surface area is 226 Å². The summed E-state index contributed by atoms with van der Waals surface area (Å²) >= 11 is 6.13. The Bertz CT molecular complexity index is 1290. The number of hydrogen-bond acceptors (Lipinski definition) is 6. The van der Waals surface area contributed by atoms with Crippen LogP contribution in [0.4, 0.5) is 21.1 Å². The van der Waals surface area contributed by atoms with E-state index in [1.54, 1.807) is 34.1 Å². The molecule has 38 heavy (non-hydrogen) atoms. The topological polar surface area (TPSA) is 124 Å². The number of carbonyl (C=O) groups excluding carboxylic acids is 3. The molecule has 1 aromatic heterocycles. The normalized spacial score (nSPS) is 20.2. The van der Waals surface area contributed by atoms with E-state index in [0.717, 1.165) is 42.3 Å². The third-order valence-corrected chi connectivity index (χ3v) is 7.44.